The molecule has 2 aliphatic rings. The number of imide groups is 1. The third-order valence-corrected chi connectivity index (χ3v) is 5.37. The quantitative estimate of drug-likeness (QED) is 0.753. The lowest BCUT2D eigenvalue weighted by Crippen LogP contribution is -2.49. The number of aldehydes is 1. The van der Waals surface area contributed by atoms with E-state index in [9.17, 15) is 19.2 Å². The molecule has 8 nitrogen and oxygen atoms in total. The Hall–Kier alpha value is -2.90. The second-order valence-electron chi connectivity index (χ2n) is 7.12. The molecule has 2 aliphatic heterocycles. The smallest absolute Gasteiger partial charge is 0.328 e. The number of hydrogen-bond donors (Lipinski definition) is 1. The van der Waals surface area contributed by atoms with E-state index in [1.807, 2.05) is 4.90 Å². The second kappa shape index (κ2) is 8.86. The van der Waals surface area contributed by atoms with Gasteiger partial charge in [-0.15, -0.1) is 0 Å². The first-order valence-electron chi connectivity index (χ1n) is 9.55. The summed E-state index contributed by atoms with van der Waals surface area (Å²) in [7, 11) is 1.50. The molecule has 0 bridgehead atoms. The standard InChI is InChI=1S/C20H25N3O5/c1-28-17-5-4-15(13-16(17)23-11-8-18(25)21-20(23)27)19(26)22-9-6-14(7-10-22)3-2-12-24/h4-5,12-14H,2-3,6-11H2,1H3,(H,21,25,27). The average molecular weight is 387 g/mol. The molecule has 2 saturated heterocycles. The lowest BCUT2D eigenvalue weighted by molar-refractivity contribution is -0.120. The van der Waals surface area contributed by atoms with Crippen LogP contribution >= 0.6 is 0 Å². The monoisotopic (exact) mass is 387 g/mol. The highest BCUT2D eigenvalue weighted by Crippen LogP contribution is 2.31. The first kappa shape index (κ1) is 19.9. The van der Waals surface area contributed by atoms with Gasteiger partial charge in [0.25, 0.3) is 5.91 Å². The van der Waals surface area contributed by atoms with Crippen LogP contribution in [0.2, 0.25) is 0 Å². The molecule has 8 heteroatoms. The number of piperidine rings is 1. The maximum absolute atomic E-state index is 12.9. The van der Waals surface area contributed by atoms with Gasteiger partial charge >= 0.3 is 6.03 Å². The number of carbonyl (C=O) groups excluding carboxylic acids is 4. The van der Waals surface area contributed by atoms with Gasteiger partial charge in [0.05, 0.1) is 12.8 Å². The summed E-state index contributed by atoms with van der Waals surface area (Å²) in [5, 5.41) is 2.29. The number of carbonyl (C=O) groups is 4. The molecule has 2 heterocycles. The fraction of sp³-hybridized carbons (Fsp3) is 0.500. The van der Waals surface area contributed by atoms with Crippen LogP contribution < -0.4 is 15.0 Å². The van der Waals surface area contributed by atoms with Gasteiger partial charge < -0.3 is 14.4 Å². The van der Waals surface area contributed by atoms with Gasteiger partial charge in [0.2, 0.25) is 5.91 Å². The van der Waals surface area contributed by atoms with Crippen LogP contribution in [0.3, 0.4) is 0 Å². The number of rotatable bonds is 6. The van der Waals surface area contributed by atoms with Crippen molar-refractivity contribution in [1.82, 2.24) is 10.2 Å². The Kier molecular flexibility index (Phi) is 6.28. The van der Waals surface area contributed by atoms with Crippen LogP contribution in [0.1, 0.15) is 42.5 Å². The summed E-state index contributed by atoms with van der Waals surface area (Å²) in [6.45, 7) is 1.55. The highest BCUT2D eigenvalue weighted by atomic mass is 16.5. The number of hydrogen-bond acceptors (Lipinski definition) is 5. The Labute approximate surface area is 163 Å². The van der Waals surface area contributed by atoms with Crippen LogP contribution in [0.5, 0.6) is 5.75 Å². The summed E-state index contributed by atoms with van der Waals surface area (Å²) < 4.78 is 5.35. The van der Waals surface area contributed by atoms with Crippen LogP contribution in [0, 0.1) is 5.92 Å². The van der Waals surface area contributed by atoms with Crippen LogP contribution in [0.15, 0.2) is 18.2 Å². The third-order valence-electron chi connectivity index (χ3n) is 5.37. The van der Waals surface area contributed by atoms with E-state index in [1.165, 1.54) is 12.0 Å². The number of nitrogens with one attached hydrogen (secondary N) is 1. The molecule has 3 rings (SSSR count). The Bertz CT molecular complexity index is 771. The van der Waals surface area contributed by atoms with E-state index in [4.69, 9.17) is 4.74 Å². The Morgan fingerprint density at radius 3 is 2.64 bits per heavy atom. The molecule has 1 aromatic rings. The molecule has 0 spiro atoms. The topological polar surface area (TPSA) is 96.0 Å². The third kappa shape index (κ3) is 4.32. The fourth-order valence-electron chi connectivity index (χ4n) is 3.74. The largest absolute Gasteiger partial charge is 0.495 e. The molecule has 28 heavy (non-hydrogen) atoms. The summed E-state index contributed by atoms with van der Waals surface area (Å²) in [5.41, 5.74) is 0.950. The van der Waals surface area contributed by atoms with E-state index in [0.29, 0.717) is 42.4 Å². The summed E-state index contributed by atoms with van der Waals surface area (Å²) in [4.78, 5) is 50.3. The van der Waals surface area contributed by atoms with Crippen LogP contribution in [-0.4, -0.2) is 55.8 Å². The molecule has 150 valence electrons. The van der Waals surface area contributed by atoms with Crippen molar-refractivity contribution in [3.63, 3.8) is 0 Å². The van der Waals surface area contributed by atoms with E-state index >= 15 is 0 Å². The van der Waals surface area contributed by atoms with Crippen molar-refractivity contribution in [1.29, 1.82) is 0 Å². The predicted molar refractivity (Wildman–Crippen MR) is 102 cm³/mol. The molecule has 1 N–H and O–H groups in total. The van der Waals surface area contributed by atoms with E-state index in [0.717, 1.165) is 25.5 Å². The average Bonchev–Trinajstić information content (AvgIpc) is 2.71. The summed E-state index contributed by atoms with van der Waals surface area (Å²) >= 11 is 0. The molecular weight excluding hydrogens is 362 g/mol. The van der Waals surface area contributed by atoms with Gasteiger partial charge in [-0.3, -0.25) is 19.8 Å². The zero-order valence-electron chi connectivity index (χ0n) is 16.0. The van der Waals surface area contributed by atoms with Crippen molar-refractivity contribution >= 4 is 29.8 Å². The number of nitrogens with zero attached hydrogens (tertiary/aromatic N) is 2. The van der Waals surface area contributed by atoms with Gasteiger partial charge in [-0.1, -0.05) is 0 Å². The SMILES string of the molecule is COc1ccc(C(=O)N2CCC(CCC=O)CC2)cc1N1CCC(=O)NC1=O. The molecular formula is C20H25N3O5. The van der Waals surface area contributed by atoms with Crippen LogP contribution in [0.4, 0.5) is 10.5 Å². The van der Waals surface area contributed by atoms with Crippen molar-refractivity contribution in [3.8, 4) is 5.75 Å². The van der Waals surface area contributed by atoms with Gasteiger partial charge in [0.1, 0.15) is 12.0 Å². The van der Waals surface area contributed by atoms with Gasteiger partial charge in [0, 0.05) is 38.0 Å². The lowest BCUT2D eigenvalue weighted by atomic mass is 9.92. The second-order valence-corrected chi connectivity index (χ2v) is 7.12. The zero-order valence-corrected chi connectivity index (χ0v) is 16.0. The molecule has 1 aromatic carbocycles. The maximum atomic E-state index is 12.9. The van der Waals surface area contributed by atoms with Crippen molar-refractivity contribution in [2.75, 3.05) is 31.6 Å². The van der Waals surface area contributed by atoms with Gasteiger partial charge in [0.15, 0.2) is 0 Å². The van der Waals surface area contributed by atoms with Gasteiger partial charge in [-0.25, -0.2) is 4.79 Å². The van der Waals surface area contributed by atoms with Crippen molar-refractivity contribution in [2.24, 2.45) is 5.92 Å². The molecule has 0 aliphatic carbocycles. The van der Waals surface area contributed by atoms with Crippen LogP contribution in [0.25, 0.3) is 0 Å². The molecule has 0 unspecified atom stereocenters. The summed E-state index contributed by atoms with van der Waals surface area (Å²) in [6.07, 6.45) is 4.36. The first-order chi connectivity index (χ1) is 13.5. The molecule has 0 radical (unpaired) electrons. The Balaban J connectivity index is 1.74. The molecule has 0 atom stereocenters. The molecule has 0 aromatic heterocycles. The number of amides is 4. The number of anilines is 1. The number of methoxy groups -OCH3 is 1. The molecule has 2 fully saturated rings. The van der Waals surface area contributed by atoms with E-state index in [2.05, 4.69) is 5.32 Å². The first-order valence-corrected chi connectivity index (χ1v) is 9.55. The van der Waals surface area contributed by atoms with Crippen LogP contribution in [-0.2, 0) is 9.59 Å². The normalized spacial score (nSPS) is 18.0. The molecule has 4 amide bonds. The highest BCUT2D eigenvalue weighted by Gasteiger charge is 2.29. The van der Waals surface area contributed by atoms with Gasteiger partial charge in [-0.2, -0.15) is 0 Å². The summed E-state index contributed by atoms with van der Waals surface area (Å²) in [5.74, 6) is 0.542. The van der Waals surface area contributed by atoms with E-state index < -0.39 is 6.03 Å². The predicted octanol–water partition coefficient (Wildman–Crippen LogP) is 1.97. The van der Waals surface area contributed by atoms with Gasteiger partial charge in [-0.05, 0) is 43.4 Å². The highest BCUT2D eigenvalue weighted by molar-refractivity contribution is 6.07. The minimum atomic E-state index is -0.518. The Morgan fingerprint density at radius 1 is 1.25 bits per heavy atom. The summed E-state index contributed by atoms with van der Waals surface area (Å²) in [6, 6.07) is 4.49. The minimum Gasteiger partial charge on any atom is -0.495 e. The number of ether oxygens (including phenoxy) is 1. The number of likely N-dealkylation sites (tertiary alicyclic amines) is 1. The number of urea groups is 1. The van der Waals surface area contributed by atoms with E-state index in [-0.39, 0.29) is 24.8 Å². The number of benzene rings is 1. The van der Waals surface area contributed by atoms with E-state index in [1.54, 1.807) is 18.2 Å². The van der Waals surface area contributed by atoms with Crippen molar-refractivity contribution in [2.45, 2.75) is 32.1 Å². The maximum Gasteiger partial charge on any atom is 0.328 e. The Morgan fingerprint density at radius 2 is 2.00 bits per heavy atom. The van der Waals surface area contributed by atoms with Crippen molar-refractivity contribution < 1.29 is 23.9 Å². The lowest BCUT2D eigenvalue weighted by Gasteiger charge is -2.32. The molecule has 0 saturated carbocycles. The zero-order chi connectivity index (χ0) is 20.1. The minimum absolute atomic E-state index is 0.0914. The van der Waals surface area contributed by atoms with Crippen molar-refractivity contribution in [3.05, 3.63) is 23.8 Å². The fourth-order valence-corrected chi connectivity index (χ4v) is 3.74.